The smallest absolute Gasteiger partial charge is 0.227 e. The largest absolute Gasteiger partial charge is 0.454 e. The zero-order chi connectivity index (χ0) is 37.5. The summed E-state index contributed by atoms with van der Waals surface area (Å²) in [5.74, 6) is 0. The monoisotopic (exact) mass is 729 g/mol. The van der Waals surface area contributed by atoms with Crippen LogP contribution < -0.4 is 0 Å². The van der Waals surface area contributed by atoms with Gasteiger partial charge in [-0.15, -0.1) is 0 Å². The number of benzene rings is 7. The fraction of sp³-hybridized carbons (Fsp3) is 0. The van der Waals surface area contributed by atoms with Gasteiger partial charge in [-0.3, -0.25) is 4.98 Å². The molecule has 5 nitrogen and oxygen atoms in total. The Hall–Kier alpha value is -7.76. The topological polar surface area (TPSA) is 57.0 Å². The van der Waals surface area contributed by atoms with Crippen LogP contribution in [0.15, 0.2) is 197 Å². The average Bonchev–Trinajstić information content (AvgIpc) is 3.95. The lowest BCUT2D eigenvalue weighted by Gasteiger charge is -2.10. The maximum atomic E-state index is 6.33. The molecule has 0 saturated carbocycles. The second-order valence-corrected chi connectivity index (χ2v) is 14.6. The molecule has 12 rings (SSSR count). The summed E-state index contributed by atoms with van der Waals surface area (Å²) in [5.41, 5.74) is 15.4. The Bertz CT molecular complexity index is 3500. The predicted octanol–water partition coefficient (Wildman–Crippen LogP) is 14.0. The van der Waals surface area contributed by atoms with Gasteiger partial charge in [0.15, 0.2) is 5.58 Å². The quantitative estimate of drug-likeness (QED) is 0.177. The van der Waals surface area contributed by atoms with Crippen LogP contribution in [0.2, 0.25) is 0 Å². The molecule has 0 aliphatic heterocycles. The molecule has 7 aromatic carbocycles. The average molecular weight is 730 g/mol. The van der Waals surface area contributed by atoms with Gasteiger partial charge in [0, 0.05) is 49.8 Å². The van der Waals surface area contributed by atoms with Crippen molar-refractivity contribution in [3.05, 3.63) is 188 Å². The van der Waals surface area contributed by atoms with Crippen LogP contribution in [0.5, 0.6) is 0 Å². The van der Waals surface area contributed by atoms with E-state index in [0.717, 1.165) is 88.6 Å². The number of fused-ring (bicyclic) bond motifs is 9. The second kappa shape index (κ2) is 12.4. The van der Waals surface area contributed by atoms with E-state index in [4.69, 9.17) is 13.8 Å². The standard InChI is InChI=1S/C52H31N3O2/c1-3-18-47-40(15-1)41-16-2-4-19-48(41)55(47)39-14-7-13-38(27-39)46-30-45-44-29-37(20-22-49(44)56-51(45)31-54-46)35-12-6-10-33(26-35)32-9-5-11-34(25-32)36-21-23-50-43(28-36)42-17-8-24-53-52(42)57-50/h1-31H. The van der Waals surface area contributed by atoms with E-state index in [1.54, 1.807) is 6.20 Å². The van der Waals surface area contributed by atoms with Crippen LogP contribution >= 0.6 is 0 Å². The molecule has 0 saturated heterocycles. The number of furan rings is 2. The second-order valence-electron chi connectivity index (χ2n) is 14.6. The minimum absolute atomic E-state index is 0.662. The zero-order valence-corrected chi connectivity index (χ0v) is 30.6. The summed E-state index contributed by atoms with van der Waals surface area (Å²) in [5, 5.41) is 6.69. The molecule has 266 valence electrons. The Morgan fingerprint density at radius 1 is 0.351 bits per heavy atom. The fourth-order valence-electron chi connectivity index (χ4n) is 8.57. The summed E-state index contributed by atoms with van der Waals surface area (Å²) in [6, 6.07) is 62.4. The molecular formula is C52H31N3O2. The van der Waals surface area contributed by atoms with E-state index >= 15 is 0 Å². The molecule has 0 aliphatic rings. The van der Waals surface area contributed by atoms with Crippen molar-refractivity contribution >= 4 is 65.8 Å². The van der Waals surface area contributed by atoms with Crippen LogP contribution in [0.1, 0.15) is 0 Å². The number of hydrogen-bond acceptors (Lipinski definition) is 4. The Morgan fingerprint density at radius 2 is 0.895 bits per heavy atom. The van der Waals surface area contributed by atoms with Crippen LogP contribution in [0.25, 0.3) is 116 Å². The molecular weight excluding hydrogens is 699 g/mol. The molecule has 0 aliphatic carbocycles. The summed E-state index contributed by atoms with van der Waals surface area (Å²) in [4.78, 5) is 9.29. The third-order valence-electron chi connectivity index (χ3n) is 11.3. The normalized spacial score (nSPS) is 11.9. The van der Waals surface area contributed by atoms with E-state index in [9.17, 15) is 0 Å². The Kier molecular flexibility index (Phi) is 6.86. The van der Waals surface area contributed by atoms with Gasteiger partial charge < -0.3 is 13.4 Å². The van der Waals surface area contributed by atoms with E-state index in [-0.39, 0.29) is 0 Å². The van der Waals surface area contributed by atoms with Gasteiger partial charge in [-0.05, 0) is 112 Å². The molecule has 0 bridgehead atoms. The van der Waals surface area contributed by atoms with Gasteiger partial charge in [0.05, 0.1) is 22.9 Å². The fourth-order valence-corrected chi connectivity index (χ4v) is 8.57. The Labute approximate surface area is 326 Å². The number of aromatic nitrogens is 3. The molecule has 0 spiro atoms. The maximum absolute atomic E-state index is 6.33. The lowest BCUT2D eigenvalue weighted by Crippen LogP contribution is -1.94. The summed E-state index contributed by atoms with van der Waals surface area (Å²) in [7, 11) is 0. The first-order valence-electron chi connectivity index (χ1n) is 19.1. The summed E-state index contributed by atoms with van der Waals surface area (Å²) in [6.07, 6.45) is 3.62. The van der Waals surface area contributed by atoms with Gasteiger partial charge in [-0.2, -0.15) is 0 Å². The number of rotatable bonds is 5. The molecule has 5 heteroatoms. The van der Waals surface area contributed by atoms with Crippen molar-refractivity contribution in [2.45, 2.75) is 0 Å². The highest BCUT2D eigenvalue weighted by molar-refractivity contribution is 6.10. The molecule has 5 aromatic heterocycles. The van der Waals surface area contributed by atoms with E-state index in [1.165, 1.54) is 21.8 Å². The highest BCUT2D eigenvalue weighted by atomic mass is 16.3. The highest BCUT2D eigenvalue weighted by Gasteiger charge is 2.15. The molecule has 0 unspecified atom stereocenters. The molecule has 12 aromatic rings. The van der Waals surface area contributed by atoms with Gasteiger partial charge in [0.1, 0.15) is 11.2 Å². The van der Waals surface area contributed by atoms with Gasteiger partial charge in [-0.25, -0.2) is 4.98 Å². The number of hydrogen-bond donors (Lipinski definition) is 0. The zero-order valence-electron chi connectivity index (χ0n) is 30.6. The van der Waals surface area contributed by atoms with Crippen molar-refractivity contribution in [1.29, 1.82) is 0 Å². The lowest BCUT2D eigenvalue weighted by atomic mass is 9.95. The van der Waals surface area contributed by atoms with Crippen molar-refractivity contribution in [2.75, 3.05) is 0 Å². The first kappa shape index (κ1) is 31.6. The predicted molar refractivity (Wildman–Crippen MR) is 233 cm³/mol. The van der Waals surface area contributed by atoms with Gasteiger partial charge in [0.25, 0.3) is 0 Å². The van der Waals surface area contributed by atoms with E-state index in [0.29, 0.717) is 5.71 Å². The third kappa shape index (κ3) is 5.10. The maximum Gasteiger partial charge on any atom is 0.227 e. The first-order valence-corrected chi connectivity index (χ1v) is 19.1. The first-order chi connectivity index (χ1) is 28.2. The van der Waals surface area contributed by atoms with E-state index < -0.39 is 0 Å². The molecule has 0 atom stereocenters. The van der Waals surface area contributed by atoms with Crippen LogP contribution in [0.3, 0.4) is 0 Å². The van der Waals surface area contributed by atoms with Crippen LogP contribution in [-0.2, 0) is 0 Å². The Balaban J connectivity index is 0.902. The summed E-state index contributed by atoms with van der Waals surface area (Å²) in [6.45, 7) is 0. The van der Waals surface area contributed by atoms with Crippen LogP contribution in [0.4, 0.5) is 0 Å². The lowest BCUT2D eigenvalue weighted by molar-refractivity contribution is 0.654. The van der Waals surface area contributed by atoms with Gasteiger partial charge >= 0.3 is 0 Å². The van der Waals surface area contributed by atoms with Crippen molar-refractivity contribution in [1.82, 2.24) is 14.5 Å². The van der Waals surface area contributed by atoms with E-state index in [2.05, 4.69) is 173 Å². The molecule has 0 fully saturated rings. The van der Waals surface area contributed by atoms with Crippen molar-refractivity contribution in [2.24, 2.45) is 0 Å². The molecule has 57 heavy (non-hydrogen) atoms. The number of nitrogens with zero attached hydrogens (tertiary/aromatic N) is 3. The molecule has 0 radical (unpaired) electrons. The van der Waals surface area contributed by atoms with Gasteiger partial charge in [0.2, 0.25) is 5.71 Å². The van der Waals surface area contributed by atoms with E-state index in [1.807, 2.05) is 18.3 Å². The van der Waals surface area contributed by atoms with Crippen molar-refractivity contribution < 1.29 is 8.83 Å². The summed E-state index contributed by atoms with van der Waals surface area (Å²) < 4.78 is 14.7. The minimum atomic E-state index is 0.662. The van der Waals surface area contributed by atoms with Crippen molar-refractivity contribution in [3.8, 4) is 50.3 Å². The van der Waals surface area contributed by atoms with Crippen LogP contribution in [-0.4, -0.2) is 14.5 Å². The Morgan fingerprint density at radius 3 is 1.58 bits per heavy atom. The van der Waals surface area contributed by atoms with Gasteiger partial charge in [-0.1, -0.05) is 97.1 Å². The number of para-hydroxylation sites is 2. The van der Waals surface area contributed by atoms with Crippen LogP contribution in [0, 0.1) is 0 Å². The molecule has 5 heterocycles. The third-order valence-corrected chi connectivity index (χ3v) is 11.3. The SMILES string of the molecule is c1cc(-c2cccc(-c3ccc4oc5ncccc5c4c3)c2)cc(-c2ccc3oc4cnc(-c5cccc(-n6c7ccccc7c7ccccc76)c5)cc4c3c2)c1. The molecule has 0 N–H and O–H groups in total. The number of pyridine rings is 2. The molecule has 0 amide bonds. The van der Waals surface area contributed by atoms with Crippen molar-refractivity contribution in [3.63, 3.8) is 0 Å². The summed E-state index contributed by atoms with van der Waals surface area (Å²) >= 11 is 0. The minimum Gasteiger partial charge on any atom is -0.454 e. The highest BCUT2D eigenvalue weighted by Crippen LogP contribution is 2.38.